The average molecular weight is 308 g/mol. The van der Waals surface area contributed by atoms with Crippen molar-refractivity contribution in [2.45, 2.75) is 26.8 Å². The molecule has 3 heteroatoms. The van der Waals surface area contributed by atoms with Gasteiger partial charge in [0.15, 0.2) is 0 Å². The summed E-state index contributed by atoms with van der Waals surface area (Å²) in [6.45, 7) is 7.11. The Hall–Kier alpha value is -1.06. The predicted molar refractivity (Wildman–Crippen MR) is 77.8 cm³/mol. The van der Waals surface area contributed by atoms with Gasteiger partial charge in [0.25, 0.3) is 0 Å². The van der Waals surface area contributed by atoms with E-state index in [1.807, 2.05) is 19.1 Å². The molecular weight excluding hydrogens is 290 g/mol. The van der Waals surface area contributed by atoms with Crippen molar-refractivity contribution in [1.82, 2.24) is 5.32 Å². The van der Waals surface area contributed by atoms with Gasteiger partial charge in [-0.1, -0.05) is 28.9 Å². The van der Waals surface area contributed by atoms with Gasteiger partial charge in [0.2, 0.25) is 0 Å². The molecule has 96 valence electrons. The maximum Gasteiger partial charge on any atom is 0.125 e. The minimum absolute atomic E-state index is 0.122. The summed E-state index contributed by atoms with van der Waals surface area (Å²) in [5.41, 5.74) is 2.51. The van der Waals surface area contributed by atoms with Gasteiger partial charge in [0.1, 0.15) is 11.5 Å². The van der Waals surface area contributed by atoms with Crippen LogP contribution < -0.4 is 5.32 Å². The first-order valence-corrected chi connectivity index (χ1v) is 6.97. The molecule has 2 aromatic rings. The molecule has 0 aliphatic heterocycles. The van der Waals surface area contributed by atoms with Gasteiger partial charge in [0, 0.05) is 4.47 Å². The van der Waals surface area contributed by atoms with Crippen molar-refractivity contribution in [2.75, 3.05) is 6.54 Å². The Balaban J connectivity index is 2.41. The van der Waals surface area contributed by atoms with Crippen LogP contribution in [-0.4, -0.2) is 6.54 Å². The first-order chi connectivity index (χ1) is 8.61. The smallest absolute Gasteiger partial charge is 0.125 e. The highest BCUT2D eigenvalue weighted by Gasteiger charge is 2.18. The molecule has 1 heterocycles. The number of halogens is 1. The van der Waals surface area contributed by atoms with Gasteiger partial charge in [-0.25, -0.2) is 0 Å². The van der Waals surface area contributed by atoms with Crippen molar-refractivity contribution in [1.29, 1.82) is 0 Å². The Morgan fingerprint density at radius 3 is 2.56 bits per heavy atom. The number of aryl methyl sites for hydroxylation is 2. The molecule has 1 aromatic carbocycles. The number of hydrogen-bond donors (Lipinski definition) is 1. The van der Waals surface area contributed by atoms with Crippen molar-refractivity contribution in [3.8, 4) is 0 Å². The van der Waals surface area contributed by atoms with Crippen LogP contribution in [0.5, 0.6) is 0 Å². The molecule has 0 saturated heterocycles. The predicted octanol–water partition coefficient (Wildman–Crippen LogP) is 4.36. The van der Waals surface area contributed by atoms with Gasteiger partial charge < -0.3 is 9.73 Å². The standard InChI is InChI=1S/C15H18BrNO/c1-4-17-15(14-8-5-11(3)18-14)13-7-6-12(16)9-10(13)2/h5-9,15,17H,4H2,1-3H3. The van der Waals surface area contributed by atoms with Crippen molar-refractivity contribution >= 4 is 15.9 Å². The monoisotopic (exact) mass is 307 g/mol. The van der Waals surface area contributed by atoms with Crippen LogP contribution in [0.2, 0.25) is 0 Å². The summed E-state index contributed by atoms with van der Waals surface area (Å²) in [6, 6.07) is 10.5. The summed E-state index contributed by atoms with van der Waals surface area (Å²) in [5, 5.41) is 3.48. The maximum absolute atomic E-state index is 5.76. The summed E-state index contributed by atoms with van der Waals surface area (Å²) >= 11 is 3.50. The van der Waals surface area contributed by atoms with Gasteiger partial charge in [-0.2, -0.15) is 0 Å². The second-order valence-electron chi connectivity index (χ2n) is 4.44. The fourth-order valence-electron chi connectivity index (χ4n) is 2.14. The van der Waals surface area contributed by atoms with E-state index in [1.54, 1.807) is 0 Å². The lowest BCUT2D eigenvalue weighted by Crippen LogP contribution is -2.22. The van der Waals surface area contributed by atoms with Crippen LogP contribution in [0.4, 0.5) is 0 Å². The molecule has 1 atom stereocenters. The van der Waals surface area contributed by atoms with Crippen LogP contribution >= 0.6 is 15.9 Å². The Morgan fingerprint density at radius 2 is 2.00 bits per heavy atom. The third-order valence-electron chi connectivity index (χ3n) is 3.00. The van der Waals surface area contributed by atoms with Crippen molar-refractivity contribution in [2.24, 2.45) is 0 Å². The minimum atomic E-state index is 0.122. The molecule has 0 spiro atoms. The van der Waals surface area contributed by atoms with E-state index < -0.39 is 0 Å². The Bertz CT molecular complexity index is 533. The fourth-order valence-corrected chi connectivity index (χ4v) is 2.62. The molecule has 0 aliphatic carbocycles. The third kappa shape index (κ3) is 2.85. The number of benzene rings is 1. The third-order valence-corrected chi connectivity index (χ3v) is 3.49. The van der Waals surface area contributed by atoms with Crippen LogP contribution in [0.25, 0.3) is 0 Å². The van der Waals surface area contributed by atoms with Gasteiger partial charge in [-0.3, -0.25) is 0 Å². The molecule has 1 unspecified atom stereocenters. The van der Waals surface area contributed by atoms with E-state index in [4.69, 9.17) is 4.42 Å². The van der Waals surface area contributed by atoms with Crippen LogP contribution in [0.15, 0.2) is 39.2 Å². The topological polar surface area (TPSA) is 25.2 Å². The molecule has 2 rings (SSSR count). The normalized spacial score (nSPS) is 12.7. The SMILES string of the molecule is CCNC(c1ccc(C)o1)c1ccc(Br)cc1C. The molecule has 0 fully saturated rings. The lowest BCUT2D eigenvalue weighted by Gasteiger charge is -2.18. The van der Waals surface area contributed by atoms with E-state index in [9.17, 15) is 0 Å². The minimum Gasteiger partial charge on any atom is -0.464 e. The molecule has 2 nitrogen and oxygen atoms in total. The average Bonchev–Trinajstić information content (AvgIpc) is 2.73. The second kappa shape index (κ2) is 5.72. The summed E-state index contributed by atoms with van der Waals surface area (Å²) in [5.74, 6) is 1.92. The maximum atomic E-state index is 5.76. The summed E-state index contributed by atoms with van der Waals surface area (Å²) < 4.78 is 6.87. The zero-order valence-corrected chi connectivity index (χ0v) is 12.5. The lowest BCUT2D eigenvalue weighted by molar-refractivity contribution is 0.434. The fraction of sp³-hybridized carbons (Fsp3) is 0.333. The first-order valence-electron chi connectivity index (χ1n) is 6.17. The van der Waals surface area contributed by atoms with E-state index in [2.05, 4.69) is 53.3 Å². The van der Waals surface area contributed by atoms with E-state index in [-0.39, 0.29) is 6.04 Å². The van der Waals surface area contributed by atoms with Crippen LogP contribution in [0, 0.1) is 13.8 Å². The van der Waals surface area contributed by atoms with E-state index in [1.165, 1.54) is 11.1 Å². The number of furan rings is 1. The van der Waals surface area contributed by atoms with Crippen molar-refractivity contribution in [3.05, 3.63) is 57.5 Å². The Morgan fingerprint density at radius 1 is 1.22 bits per heavy atom. The van der Waals surface area contributed by atoms with Gasteiger partial charge in [-0.15, -0.1) is 0 Å². The zero-order valence-electron chi connectivity index (χ0n) is 11.0. The van der Waals surface area contributed by atoms with E-state index in [0.29, 0.717) is 0 Å². The zero-order chi connectivity index (χ0) is 13.1. The van der Waals surface area contributed by atoms with Gasteiger partial charge >= 0.3 is 0 Å². The van der Waals surface area contributed by atoms with Gasteiger partial charge in [0.05, 0.1) is 6.04 Å². The van der Waals surface area contributed by atoms with Crippen molar-refractivity contribution in [3.63, 3.8) is 0 Å². The molecular formula is C15H18BrNO. The first kappa shape index (κ1) is 13.4. The summed E-state index contributed by atoms with van der Waals surface area (Å²) in [7, 11) is 0. The lowest BCUT2D eigenvalue weighted by atomic mass is 9.99. The molecule has 0 amide bonds. The van der Waals surface area contributed by atoms with E-state index >= 15 is 0 Å². The van der Waals surface area contributed by atoms with Crippen LogP contribution in [0.3, 0.4) is 0 Å². The quantitative estimate of drug-likeness (QED) is 0.908. The van der Waals surface area contributed by atoms with E-state index in [0.717, 1.165) is 22.5 Å². The number of rotatable bonds is 4. The Labute approximate surface area is 117 Å². The number of nitrogens with one attached hydrogen (secondary N) is 1. The van der Waals surface area contributed by atoms with Crippen LogP contribution in [-0.2, 0) is 0 Å². The molecule has 0 aliphatic rings. The van der Waals surface area contributed by atoms with Crippen LogP contribution in [0.1, 0.15) is 35.6 Å². The number of hydrogen-bond acceptors (Lipinski definition) is 2. The molecule has 18 heavy (non-hydrogen) atoms. The Kier molecular flexibility index (Phi) is 4.25. The van der Waals surface area contributed by atoms with Gasteiger partial charge in [-0.05, 0) is 55.8 Å². The molecule has 0 bridgehead atoms. The second-order valence-corrected chi connectivity index (χ2v) is 5.36. The molecule has 1 aromatic heterocycles. The summed E-state index contributed by atoms with van der Waals surface area (Å²) in [4.78, 5) is 0. The highest BCUT2D eigenvalue weighted by Crippen LogP contribution is 2.28. The largest absolute Gasteiger partial charge is 0.464 e. The highest BCUT2D eigenvalue weighted by molar-refractivity contribution is 9.10. The molecule has 0 radical (unpaired) electrons. The summed E-state index contributed by atoms with van der Waals surface area (Å²) in [6.07, 6.45) is 0. The molecule has 0 saturated carbocycles. The van der Waals surface area contributed by atoms with Crippen molar-refractivity contribution < 1.29 is 4.42 Å². The highest BCUT2D eigenvalue weighted by atomic mass is 79.9. The molecule has 1 N–H and O–H groups in total.